The third kappa shape index (κ3) is 3.07. The van der Waals surface area contributed by atoms with Gasteiger partial charge in [-0.25, -0.2) is 8.42 Å². The predicted molar refractivity (Wildman–Crippen MR) is 63.0 cm³/mol. The predicted octanol–water partition coefficient (Wildman–Crippen LogP) is 1.34. The van der Waals surface area contributed by atoms with Crippen LogP contribution in [-0.2, 0) is 9.84 Å². The Kier molecular flexibility index (Phi) is 3.92. The first-order chi connectivity index (χ1) is 6.96. The minimum absolute atomic E-state index is 0.0847. The summed E-state index contributed by atoms with van der Waals surface area (Å²) in [5.41, 5.74) is 5.51. The molecule has 15 heavy (non-hydrogen) atoms. The molecule has 0 aromatic carbocycles. The molecule has 0 unspecified atom stereocenters. The normalized spacial score (nSPS) is 11.6. The molecule has 0 radical (unpaired) electrons. The number of nitrogens with zero attached hydrogens (tertiary/aromatic N) is 1. The van der Waals surface area contributed by atoms with E-state index in [1.54, 1.807) is 0 Å². The largest absolute Gasteiger partial charge is 0.382 e. The average molecular weight is 249 g/mol. The fraction of sp³-hybridized carbons (Fsp3) is 0.625. The van der Waals surface area contributed by atoms with Crippen LogP contribution in [0.3, 0.4) is 0 Å². The summed E-state index contributed by atoms with van der Waals surface area (Å²) in [6.45, 7) is 2.81. The van der Waals surface area contributed by atoms with E-state index < -0.39 is 9.84 Å². The Bertz CT molecular complexity index is 425. The smallest absolute Gasteiger partial charge is 0.182 e. The monoisotopic (exact) mass is 249 g/mol. The zero-order valence-electron chi connectivity index (χ0n) is 8.78. The second kappa shape index (κ2) is 4.80. The van der Waals surface area contributed by atoms with E-state index >= 15 is 0 Å². The topological polar surface area (TPSA) is 85.1 Å². The van der Waals surface area contributed by atoms with Crippen LogP contribution in [0.2, 0.25) is 0 Å². The molecule has 0 aliphatic rings. The van der Waals surface area contributed by atoms with Crippen LogP contribution in [-0.4, -0.2) is 25.6 Å². The van der Waals surface area contributed by atoms with Gasteiger partial charge >= 0.3 is 0 Å². The molecule has 0 fully saturated rings. The highest BCUT2D eigenvalue weighted by Gasteiger charge is 2.20. The minimum atomic E-state index is -3.30. The zero-order chi connectivity index (χ0) is 11.5. The maximum Gasteiger partial charge on any atom is 0.182 e. The van der Waals surface area contributed by atoms with Crippen molar-refractivity contribution in [1.82, 2.24) is 4.37 Å². The molecule has 0 aliphatic carbocycles. The van der Waals surface area contributed by atoms with Crippen molar-refractivity contribution in [3.63, 3.8) is 0 Å². The van der Waals surface area contributed by atoms with Crippen molar-refractivity contribution in [1.29, 1.82) is 0 Å². The summed E-state index contributed by atoms with van der Waals surface area (Å²) in [5, 5.41) is 3.58. The number of nitrogens with one attached hydrogen (secondary N) is 1. The van der Waals surface area contributed by atoms with Gasteiger partial charge in [-0.15, -0.1) is 0 Å². The molecule has 1 heterocycles. The van der Waals surface area contributed by atoms with Crippen LogP contribution < -0.4 is 11.1 Å². The van der Waals surface area contributed by atoms with Gasteiger partial charge in [0.1, 0.15) is 9.90 Å². The van der Waals surface area contributed by atoms with Gasteiger partial charge in [0.25, 0.3) is 0 Å². The lowest BCUT2D eigenvalue weighted by Crippen LogP contribution is -2.06. The maximum absolute atomic E-state index is 11.4. The lowest BCUT2D eigenvalue weighted by molar-refractivity contribution is 0.602. The Morgan fingerprint density at radius 3 is 2.73 bits per heavy atom. The van der Waals surface area contributed by atoms with Crippen LogP contribution in [0.15, 0.2) is 4.90 Å². The van der Waals surface area contributed by atoms with Gasteiger partial charge in [-0.2, -0.15) is 4.37 Å². The average Bonchev–Trinajstić information content (AvgIpc) is 2.47. The molecule has 1 aromatic rings. The van der Waals surface area contributed by atoms with E-state index in [0.717, 1.165) is 37.2 Å². The number of hydrogen-bond donors (Lipinski definition) is 2. The number of rotatable bonds is 5. The van der Waals surface area contributed by atoms with Gasteiger partial charge < -0.3 is 11.1 Å². The van der Waals surface area contributed by atoms with E-state index in [1.807, 2.05) is 0 Å². The summed E-state index contributed by atoms with van der Waals surface area (Å²) in [6, 6.07) is 0. The number of sulfone groups is 1. The van der Waals surface area contributed by atoms with Crippen LogP contribution in [0.4, 0.5) is 10.8 Å². The van der Waals surface area contributed by atoms with E-state index in [2.05, 4.69) is 16.6 Å². The van der Waals surface area contributed by atoms with Crippen LogP contribution in [0, 0.1) is 0 Å². The maximum atomic E-state index is 11.4. The zero-order valence-corrected chi connectivity index (χ0v) is 10.4. The van der Waals surface area contributed by atoms with Gasteiger partial charge in [-0.05, 0) is 18.0 Å². The van der Waals surface area contributed by atoms with Crippen LogP contribution in [0.1, 0.15) is 19.8 Å². The number of nitrogens with two attached hydrogens (primary N) is 1. The number of unbranched alkanes of at least 4 members (excludes halogenated alkanes) is 1. The minimum Gasteiger partial charge on any atom is -0.382 e. The quantitative estimate of drug-likeness (QED) is 0.769. The summed E-state index contributed by atoms with van der Waals surface area (Å²) < 4.78 is 26.7. The van der Waals surface area contributed by atoms with Crippen molar-refractivity contribution in [2.75, 3.05) is 23.9 Å². The lowest BCUT2D eigenvalue weighted by Gasteiger charge is -2.04. The van der Waals surface area contributed by atoms with Gasteiger partial charge in [0.05, 0.1) is 0 Å². The molecule has 0 saturated carbocycles. The fourth-order valence-corrected chi connectivity index (χ4v) is 3.24. The highest BCUT2D eigenvalue weighted by Crippen LogP contribution is 2.31. The first-order valence-corrected chi connectivity index (χ1v) is 7.32. The fourth-order valence-electron chi connectivity index (χ4n) is 1.14. The van der Waals surface area contributed by atoms with Crippen molar-refractivity contribution in [3.05, 3.63) is 0 Å². The summed E-state index contributed by atoms with van der Waals surface area (Å²) in [5.74, 6) is 0.0847. The Morgan fingerprint density at radius 2 is 2.20 bits per heavy atom. The second-order valence-corrected chi connectivity index (χ2v) is 6.00. The molecular weight excluding hydrogens is 234 g/mol. The van der Waals surface area contributed by atoms with Crippen molar-refractivity contribution in [2.45, 2.75) is 24.7 Å². The van der Waals surface area contributed by atoms with E-state index in [-0.39, 0.29) is 10.7 Å². The van der Waals surface area contributed by atoms with E-state index in [0.29, 0.717) is 5.00 Å². The molecule has 0 saturated heterocycles. The molecule has 7 heteroatoms. The van der Waals surface area contributed by atoms with Crippen molar-refractivity contribution >= 4 is 32.2 Å². The van der Waals surface area contributed by atoms with Crippen LogP contribution in [0.25, 0.3) is 0 Å². The molecule has 1 aromatic heterocycles. The molecule has 5 nitrogen and oxygen atoms in total. The van der Waals surface area contributed by atoms with Crippen LogP contribution in [0.5, 0.6) is 0 Å². The van der Waals surface area contributed by atoms with Gasteiger partial charge in [-0.3, -0.25) is 0 Å². The summed E-state index contributed by atoms with van der Waals surface area (Å²) in [6.07, 6.45) is 3.18. The third-order valence-corrected chi connectivity index (χ3v) is 3.96. The summed E-state index contributed by atoms with van der Waals surface area (Å²) in [4.78, 5) is 0.128. The van der Waals surface area contributed by atoms with E-state index in [9.17, 15) is 8.42 Å². The van der Waals surface area contributed by atoms with Crippen molar-refractivity contribution in [2.24, 2.45) is 0 Å². The number of anilines is 2. The number of aromatic nitrogens is 1. The standard InChI is InChI=1S/C8H15N3O2S2/c1-3-4-5-10-8-6(15(2,12)13)7(9)11-14-8/h10H,3-5H2,1-2H3,(H2,9,11). The lowest BCUT2D eigenvalue weighted by atomic mass is 10.3. The van der Waals surface area contributed by atoms with Gasteiger partial charge in [0.2, 0.25) is 0 Å². The summed E-state index contributed by atoms with van der Waals surface area (Å²) >= 11 is 1.09. The van der Waals surface area contributed by atoms with E-state index in [1.165, 1.54) is 0 Å². The molecule has 3 N–H and O–H groups in total. The van der Waals surface area contributed by atoms with Gasteiger partial charge in [-0.1, -0.05) is 13.3 Å². The first-order valence-electron chi connectivity index (χ1n) is 4.66. The van der Waals surface area contributed by atoms with Crippen molar-refractivity contribution < 1.29 is 8.42 Å². The molecule has 0 aliphatic heterocycles. The number of nitrogen functional groups attached to an aromatic ring is 1. The van der Waals surface area contributed by atoms with Crippen molar-refractivity contribution in [3.8, 4) is 0 Å². The number of hydrogen-bond acceptors (Lipinski definition) is 6. The summed E-state index contributed by atoms with van der Waals surface area (Å²) in [7, 11) is -3.30. The third-order valence-electron chi connectivity index (χ3n) is 1.86. The molecular formula is C8H15N3O2S2. The molecule has 0 spiro atoms. The highest BCUT2D eigenvalue weighted by atomic mass is 32.2. The molecule has 0 bridgehead atoms. The Balaban J connectivity index is 2.90. The van der Waals surface area contributed by atoms with E-state index in [4.69, 9.17) is 5.73 Å². The van der Waals surface area contributed by atoms with Gasteiger partial charge in [0.15, 0.2) is 15.7 Å². The van der Waals surface area contributed by atoms with Gasteiger partial charge in [0, 0.05) is 12.8 Å². The Hall–Kier alpha value is -0.820. The SMILES string of the molecule is CCCCNc1snc(N)c1S(C)(=O)=O. The Labute approximate surface area is 93.8 Å². The Morgan fingerprint density at radius 1 is 1.53 bits per heavy atom. The first kappa shape index (κ1) is 12.3. The molecule has 0 amide bonds. The highest BCUT2D eigenvalue weighted by molar-refractivity contribution is 7.91. The molecule has 1 rings (SSSR count). The second-order valence-electron chi connectivity index (χ2n) is 3.28. The molecule has 0 atom stereocenters. The van der Waals surface area contributed by atoms with Crippen LogP contribution >= 0.6 is 11.5 Å². The molecule has 86 valence electrons.